The van der Waals surface area contributed by atoms with E-state index in [0.29, 0.717) is 15.7 Å². The van der Waals surface area contributed by atoms with Crippen molar-refractivity contribution in [3.05, 3.63) is 33.3 Å². The largest absolute Gasteiger partial charge is 0.316 e. The van der Waals surface area contributed by atoms with E-state index in [-0.39, 0.29) is 11.7 Å². The van der Waals surface area contributed by atoms with Gasteiger partial charge in [0.2, 0.25) is 5.91 Å². The van der Waals surface area contributed by atoms with Crippen molar-refractivity contribution in [3.63, 3.8) is 0 Å². The molecule has 3 aromatic heterocycles. The highest BCUT2D eigenvalue weighted by atomic mass is 32.2. The van der Waals surface area contributed by atoms with Gasteiger partial charge in [-0.05, 0) is 24.4 Å². The Morgan fingerprint density at radius 3 is 3.00 bits per heavy atom. The highest BCUT2D eigenvalue weighted by molar-refractivity contribution is 7.99. The predicted molar refractivity (Wildman–Crippen MR) is 97.4 cm³/mol. The summed E-state index contributed by atoms with van der Waals surface area (Å²) in [5, 5.41) is 25.1. The number of carbonyl (C=O) groups excluding carboxylic acids is 1. The number of thiophene rings is 2. The number of nitriles is 1. The zero-order valence-corrected chi connectivity index (χ0v) is 15.4. The number of aromatic nitrogens is 3. The molecule has 0 aliphatic rings. The maximum absolute atomic E-state index is 12.1. The molecule has 122 valence electrons. The van der Waals surface area contributed by atoms with Crippen molar-refractivity contribution < 1.29 is 4.79 Å². The van der Waals surface area contributed by atoms with Crippen molar-refractivity contribution in [2.24, 2.45) is 7.05 Å². The summed E-state index contributed by atoms with van der Waals surface area (Å²) in [7, 11) is 1.88. The Labute approximate surface area is 151 Å². The van der Waals surface area contributed by atoms with Crippen LogP contribution in [0.1, 0.15) is 10.4 Å². The quantitative estimate of drug-likeness (QED) is 0.690. The molecule has 0 fully saturated rings. The van der Waals surface area contributed by atoms with E-state index in [1.165, 1.54) is 28.0 Å². The summed E-state index contributed by atoms with van der Waals surface area (Å²) in [6, 6.07) is 5.80. The number of carbonyl (C=O) groups is 1. The summed E-state index contributed by atoms with van der Waals surface area (Å²) >= 11 is 4.31. The van der Waals surface area contributed by atoms with E-state index in [0.717, 1.165) is 11.4 Å². The topological polar surface area (TPSA) is 83.6 Å². The fourth-order valence-corrected chi connectivity index (χ4v) is 4.19. The third-order valence-corrected chi connectivity index (χ3v) is 5.91. The highest BCUT2D eigenvalue weighted by Crippen LogP contribution is 2.27. The summed E-state index contributed by atoms with van der Waals surface area (Å²) in [6.45, 7) is 2.05. The fourth-order valence-electron chi connectivity index (χ4n) is 2.04. The molecule has 0 aliphatic heterocycles. The van der Waals surface area contributed by atoms with Crippen LogP contribution in [-0.2, 0) is 11.8 Å². The summed E-state index contributed by atoms with van der Waals surface area (Å²) in [6.07, 6.45) is 0. The minimum Gasteiger partial charge on any atom is -0.316 e. The Kier molecular flexibility index (Phi) is 4.99. The van der Waals surface area contributed by atoms with E-state index in [1.807, 2.05) is 23.9 Å². The molecule has 3 heterocycles. The predicted octanol–water partition coefficient (Wildman–Crippen LogP) is 3.52. The van der Waals surface area contributed by atoms with Crippen molar-refractivity contribution in [2.45, 2.75) is 12.1 Å². The van der Waals surface area contributed by atoms with Crippen molar-refractivity contribution in [1.29, 1.82) is 5.26 Å². The molecule has 9 heteroatoms. The second-order valence-corrected chi connectivity index (χ2v) is 7.90. The first-order valence-electron chi connectivity index (χ1n) is 6.93. The number of hydrogen-bond acceptors (Lipinski definition) is 7. The lowest BCUT2D eigenvalue weighted by atomic mass is 10.3. The molecule has 3 aromatic rings. The smallest absolute Gasteiger partial charge is 0.235 e. The number of thioether (sulfide) groups is 1. The molecule has 0 bridgehead atoms. The molecule has 1 N–H and O–H groups in total. The van der Waals surface area contributed by atoms with Gasteiger partial charge in [0, 0.05) is 22.9 Å². The van der Waals surface area contributed by atoms with Crippen LogP contribution in [0.2, 0.25) is 0 Å². The number of anilines is 1. The van der Waals surface area contributed by atoms with Gasteiger partial charge in [0.1, 0.15) is 11.1 Å². The molecule has 0 aliphatic carbocycles. The third kappa shape index (κ3) is 3.51. The Morgan fingerprint density at radius 2 is 2.29 bits per heavy atom. The Balaban J connectivity index is 1.64. The minimum atomic E-state index is -0.171. The first-order valence-corrected chi connectivity index (χ1v) is 9.68. The van der Waals surface area contributed by atoms with Crippen LogP contribution < -0.4 is 5.32 Å². The normalized spacial score (nSPS) is 10.5. The van der Waals surface area contributed by atoms with Gasteiger partial charge in [-0.15, -0.1) is 32.9 Å². The van der Waals surface area contributed by atoms with Crippen LogP contribution in [0.4, 0.5) is 5.00 Å². The molecule has 0 saturated heterocycles. The van der Waals surface area contributed by atoms with Crippen molar-refractivity contribution in [1.82, 2.24) is 14.8 Å². The summed E-state index contributed by atoms with van der Waals surface area (Å²) in [4.78, 5) is 13.3. The molecule has 0 spiro atoms. The van der Waals surface area contributed by atoms with E-state index in [4.69, 9.17) is 5.26 Å². The van der Waals surface area contributed by atoms with Gasteiger partial charge >= 0.3 is 0 Å². The lowest BCUT2D eigenvalue weighted by Gasteiger charge is -2.04. The lowest BCUT2D eigenvalue weighted by molar-refractivity contribution is -0.113. The zero-order valence-electron chi connectivity index (χ0n) is 12.9. The molecule has 1 amide bonds. The molecule has 6 nitrogen and oxygen atoms in total. The van der Waals surface area contributed by atoms with Gasteiger partial charge in [-0.2, -0.15) is 5.26 Å². The average molecular weight is 376 g/mol. The maximum Gasteiger partial charge on any atom is 0.235 e. The molecule has 0 saturated carbocycles. The van der Waals surface area contributed by atoms with Crippen LogP contribution in [0.3, 0.4) is 0 Å². The van der Waals surface area contributed by atoms with Crippen LogP contribution in [0, 0.1) is 18.3 Å². The number of aryl methyl sites for hydroxylation is 1. The van der Waals surface area contributed by atoms with Crippen molar-refractivity contribution in [3.8, 4) is 17.5 Å². The average Bonchev–Trinajstić information content (AvgIpc) is 3.26. The van der Waals surface area contributed by atoms with Crippen LogP contribution in [0.25, 0.3) is 11.4 Å². The SMILES string of the molecule is Cc1cc(-c2nnc(SCC(=O)Nc3sccc3C#N)n2C)cs1. The molecule has 0 aromatic carbocycles. The van der Waals surface area contributed by atoms with Crippen LogP contribution >= 0.6 is 34.4 Å². The Morgan fingerprint density at radius 1 is 1.46 bits per heavy atom. The Hall–Kier alpha value is -2.15. The van der Waals surface area contributed by atoms with Crippen LogP contribution in [0.5, 0.6) is 0 Å². The van der Waals surface area contributed by atoms with E-state index >= 15 is 0 Å². The minimum absolute atomic E-state index is 0.171. The van der Waals surface area contributed by atoms with Gasteiger partial charge in [-0.1, -0.05) is 11.8 Å². The standard InChI is InChI=1S/C15H13N5OS3/c1-9-5-11(7-23-9)13-18-19-15(20(13)2)24-8-12(21)17-14-10(6-16)3-4-22-14/h3-5,7H,8H2,1-2H3,(H,17,21). The van der Waals surface area contributed by atoms with E-state index in [9.17, 15) is 4.79 Å². The third-order valence-electron chi connectivity index (χ3n) is 3.19. The number of amides is 1. The van der Waals surface area contributed by atoms with Gasteiger partial charge < -0.3 is 9.88 Å². The van der Waals surface area contributed by atoms with Crippen molar-refractivity contribution in [2.75, 3.05) is 11.1 Å². The second-order valence-electron chi connectivity index (χ2n) is 4.92. The molecule has 0 atom stereocenters. The maximum atomic E-state index is 12.1. The molecular weight excluding hydrogens is 362 g/mol. The molecular formula is C15H13N5OS3. The monoisotopic (exact) mass is 375 g/mol. The molecule has 3 rings (SSSR count). The van der Waals surface area contributed by atoms with E-state index < -0.39 is 0 Å². The van der Waals surface area contributed by atoms with Gasteiger partial charge in [0.25, 0.3) is 0 Å². The van der Waals surface area contributed by atoms with Crippen LogP contribution in [-0.4, -0.2) is 26.4 Å². The molecule has 0 radical (unpaired) electrons. The van der Waals surface area contributed by atoms with Crippen LogP contribution in [0.15, 0.2) is 28.0 Å². The van der Waals surface area contributed by atoms with Crippen molar-refractivity contribution >= 4 is 45.3 Å². The molecule has 24 heavy (non-hydrogen) atoms. The first kappa shape index (κ1) is 16.7. The lowest BCUT2D eigenvalue weighted by Crippen LogP contribution is -2.14. The Bertz CT molecular complexity index is 918. The van der Waals surface area contributed by atoms with Gasteiger partial charge in [0.15, 0.2) is 11.0 Å². The number of rotatable bonds is 5. The van der Waals surface area contributed by atoms with Gasteiger partial charge in [-0.3, -0.25) is 4.79 Å². The first-order chi connectivity index (χ1) is 11.6. The van der Waals surface area contributed by atoms with E-state index in [1.54, 1.807) is 22.8 Å². The van der Waals surface area contributed by atoms with Gasteiger partial charge in [-0.25, -0.2) is 0 Å². The molecule has 0 unspecified atom stereocenters. The zero-order chi connectivity index (χ0) is 17.1. The highest BCUT2D eigenvalue weighted by Gasteiger charge is 2.14. The van der Waals surface area contributed by atoms with Gasteiger partial charge in [0.05, 0.1) is 11.3 Å². The second kappa shape index (κ2) is 7.17. The summed E-state index contributed by atoms with van der Waals surface area (Å²) in [5.74, 6) is 0.819. The number of hydrogen-bond donors (Lipinski definition) is 1. The van der Waals surface area contributed by atoms with E-state index in [2.05, 4.69) is 27.6 Å². The summed E-state index contributed by atoms with van der Waals surface area (Å²) < 4.78 is 1.88. The number of nitrogens with one attached hydrogen (secondary N) is 1. The summed E-state index contributed by atoms with van der Waals surface area (Å²) in [5.41, 5.74) is 1.51. The number of nitrogens with zero attached hydrogens (tertiary/aromatic N) is 4. The fraction of sp³-hybridized carbons (Fsp3) is 0.200.